The SMILES string of the molecule is Cc1ccc(C)c(S(=O)(=O)Nc2ccc(N(C)C3CCCCC3)nc2)c1. The number of sulfonamides is 1. The van der Waals surface area contributed by atoms with Crippen molar-refractivity contribution in [1.29, 1.82) is 0 Å². The average Bonchev–Trinajstić information content (AvgIpc) is 2.64. The van der Waals surface area contributed by atoms with Gasteiger partial charge in [-0.15, -0.1) is 0 Å². The number of aromatic nitrogens is 1. The van der Waals surface area contributed by atoms with E-state index in [0.717, 1.165) is 16.9 Å². The zero-order valence-corrected chi connectivity index (χ0v) is 16.5. The Balaban J connectivity index is 1.75. The van der Waals surface area contributed by atoms with Crippen LogP contribution in [0.1, 0.15) is 43.2 Å². The molecule has 0 atom stereocenters. The van der Waals surface area contributed by atoms with Gasteiger partial charge in [0, 0.05) is 13.1 Å². The minimum absolute atomic E-state index is 0.306. The van der Waals surface area contributed by atoms with E-state index in [0.29, 0.717) is 16.6 Å². The molecule has 2 aromatic rings. The summed E-state index contributed by atoms with van der Waals surface area (Å²) in [5.74, 6) is 0.881. The predicted octanol–water partition coefficient (Wildman–Crippen LogP) is 4.27. The van der Waals surface area contributed by atoms with Gasteiger partial charge in [-0.3, -0.25) is 4.72 Å². The largest absolute Gasteiger partial charge is 0.357 e. The maximum Gasteiger partial charge on any atom is 0.262 e. The monoisotopic (exact) mass is 373 g/mol. The van der Waals surface area contributed by atoms with Crippen LogP contribution in [0.4, 0.5) is 11.5 Å². The van der Waals surface area contributed by atoms with Crippen molar-refractivity contribution in [1.82, 2.24) is 4.98 Å². The highest BCUT2D eigenvalue weighted by Crippen LogP contribution is 2.26. The first-order valence-electron chi connectivity index (χ1n) is 9.16. The maximum absolute atomic E-state index is 12.7. The standard InChI is InChI=1S/C20H27N3O2S/c1-15-9-10-16(2)19(13-15)26(24,25)22-17-11-12-20(21-14-17)23(3)18-7-5-4-6-8-18/h9-14,18,22H,4-8H2,1-3H3. The van der Waals surface area contributed by atoms with Crippen molar-refractivity contribution in [3.8, 4) is 0 Å². The van der Waals surface area contributed by atoms with Crippen LogP contribution in [0.25, 0.3) is 0 Å². The molecule has 0 radical (unpaired) electrons. The van der Waals surface area contributed by atoms with Crippen LogP contribution in [0.15, 0.2) is 41.4 Å². The van der Waals surface area contributed by atoms with Crippen molar-refractivity contribution in [3.63, 3.8) is 0 Å². The third kappa shape index (κ3) is 4.18. The molecule has 1 N–H and O–H groups in total. The molecule has 0 unspecified atom stereocenters. The topological polar surface area (TPSA) is 62.3 Å². The van der Waals surface area contributed by atoms with E-state index < -0.39 is 10.0 Å². The molecule has 1 aromatic carbocycles. The van der Waals surface area contributed by atoms with Crippen molar-refractivity contribution in [3.05, 3.63) is 47.7 Å². The first-order chi connectivity index (χ1) is 12.4. The lowest BCUT2D eigenvalue weighted by molar-refractivity contribution is 0.426. The van der Waals surface area contributed by atoms with E-state index in [1.165, 1.54) is 32.1 Å². The van der Waals surface area contributed by atoms with E-state index in [1.807, 2.05) is 25.1 Å². The van der Waals surface area contributed by atoms with Gasteiger partial charge in [-0.25, -0.2) is 13.4 Å². The Labute approximate surface area is 156 Å². The van der Waals surface area contributed by atoms with Gasteiger partial charge in [0.1, 0.15) is 5.82 Å². The van der Waals surface area contributed by atoms with Crippen LogP contribution in [-0.4, -0.2) is 26.5 Å². The molecule has 1 aliphatic carbocycles. The Hall–Kier alpha value is -2.08. The van der Waals surface area contributed by atoms with E-state index in [9.17, 15) is 8.42 Å². The lowest BCUT2D eigenvalue weighted by Gasteiger charge is -2.32. The smallest absolute Gasteiger partial charge is 0.262 e. The highest BCUT2D eigenvalue weighted by atomic mass is 32.2. The summed E-state index contributed by atoms with van der Waals surface area (Å²) in [6, 6.07) is 9.61. The molecule has 0 saturated heterocycles. The Morgan fingerprint density at radius 2 is 1.81 bits per heavy atom. The van der Waals surface area contributed by atoms with Gasteiger partial charge in [0.05, 0.1) is 16.8 Å². The second kappa shape index (κ2) is 7.66. The van der Waals surface area contributed by atoms with E-state index >= 15 is 0 Å². The summed E-state index contributed by atoms with van der Waals surface area (Å²) in [5.41, 5.74) is 2.12. The number of benzene rings is 1. The first-order valence-corrected chi connectivity index (χ1v) is 10.6. The van der Waals surface area contributed by atoms with E-state index in [1.54, 1.807) is 25.3 Å². The summed E-state index contributed by atoms with van der Waals surface area (Å²) in [4.78, 5) is 6.99. The molecule has 1 aliphatic rings. The number of hydrogen-bond donors (Lipinski definition) is 1. The van der Waals surface area contributed by atoms with Crippen LogP contribution in [-0.2, 0) is 10.0 Å². The molecule has 1 fully saturated rings. The predicted molar refractivity (Wildman–Crippen MR) is 106 cm³/mol. The summed E-state index contributed by atoms with van der Waals surface area (Å²) >= 11 is 0. The molecule has 26 heavy (non-hydrogen) atoms. The number of rotatable bonds is 5. The van der Waals surface area contributed by atoms with E-state index in [4.69, 9.17) is 0 Å². The number of nitrogens with one attached hydrogen (secondary N) is 1. The summed E-state index contributed by atoms with van der Waals surface area (Å²) in [6.45, 7) is 3.68. The summed E-state index contributed by atoms with van der Waals surface area (Å²) in [5, 5.41) is 0. The minimum Gasteiger partial charge on any atom is -0.357 e. The van der Waals surface area contributed by atoms with E-state index in [-0.39, 0.29) is 0 Å². The van der Waals surface area contributed by atoms with Gasteiger partial charge in [0.25, 0.3) is 10.0 Å². The molecule has 140 valence electrons. The van der Waals surface area contributed by atoms with Gasteiger partial charge in [0.2, 0.25) is 0 Å². The third-order valence-corrected chi connectivity index (χ3v) is 6.64. The summed E-state index contributed by atoms with van der Waals surface area (Å²) in [6.07, 6.45) is 7.83. The molecule has 1 heterocycles. The van der Waals surface area contributed by atoms with Gasteiger partial charge >= 0.3 is 0 Å². The summed E-state index contributed by atoms with van der Waals surface area (Å²) < 4.78 is 28.0. The quantitative estimate of drug-likeness (QED) is 0.850. The molecule has 0 spiro atoms. The number of nitrogens with zero attached hydrogens (tertiary/aromatic N) is 2. The number of hydrogen-bond acceptors (Lipinski definition) is 4. The molecule has 5 nitrogen and oxygen atoms in total. The second-order valence-corrected chi connectivity index (χ2v) is 8.83. The molecule has 3 rings (SSSR count). The lowest BCUT2D eigenvalue weighted by Crippen LogP contribution is -2.33. The van der Waals surface area contributed by atoms with Crippen LogP contribution >= 0.6 is 0 Å². The van der Waals surface area contributed by atoms with Crippen molar-refractivity contribution < 1.29 is 8.42 Å². The normalized spacial score (nSPS) is 15.7. The molecular formula is C20H27N3O2S. The maximum atomic E-state index is 12.7. The minimum atomic E-state index is -3.62. The van der Waals surface area contributed by atoms with Crippen molar-refractivity contribution in [2.75, 3.05) is 16.7 Å². The lowest BCUT2D eigenvalue weighted by atomic mass is 9.94. The molecule has 1 saturated carbocycles. The fourth-order valence-corrected chi connectivity index (χ4v) is 4.89. The Kier molecular flexibility index (Phi) is 5.51. The molecule has 0 amide bonds. The number of anilines is 2. The fourth-order valence-electron chi connectivity index (χ4n) is 3.52. The molecule has 1 aromatic heterocycles. The highest BCUT2D eigenvalue weighted by Gasteiger charge is 2.20. The van der Waals surface area contributed by atoms with Crippen LogP contribution in [0.2, 0.25) is 0 Å². The van der Waals surface area contributed by atoms with Gasteiger partial charge < -0.3 is 4.90 Å². The zero-order valence-electron chi connectivity index (χ0n) is 15.7. The Morgan fingerprint density at radius 1 is 1.08 bits per heavy atom. The van der Waals surface area contributed by atoms with Gasteiger partial charge in [-0.2, -0.15) is 0 Å². The number of pyridine rings is 1. The van der Waals surface area contributed by atoms with Crippen LogP contribution in [0.3, 0.4) is 0 Å². The van der Waals surface area contributed by atoms with Gasteiger partial charge in [-0.1, -0.05) is 31.4 Å². The highest BCUT2D eigenvalue weighted by molar-refractivity contribution is 7.92. The second-order valence-electron chi connectivity index (χ2n) is 7.18. The van der Waals surface area contributed by atoms with E-state index in [2.05, 4.69) is 21.7 Å². The Morgan fingerprint density at radius 3 is 2.46 bits per heavy atom. The molecule has 6 heteroatoms. The van der Waals surface area contributed by atoms with Gasteiger partial charge in [-0.05, 0) is 56.0 Å². The van der Waals surface area contributed by atoms with Gasteiger partial charge in [0.15, 0.2) is 0 Å². The fraction of sp³-hybridized carbons (Fsp3) is 0.450. The first kappa shape index (κ1) is 18.7. The van der Waals surface area contributed by atoms with Crippen LogP contribution in [0, 0.1) is 13.8 Å². The third-order valence-electron chi connectivity index (χ3n) is 5.12. The zero-order chi connectivity index (χ0) is 18.7. The number of aryl methyl sites for hydroxylation is 2. The summed E-state index contributed by atoms with van der Waals surface area (Å²) in [7, 11) is -1.56. The Bertz CT molecular complexity index is 857. The van der Waals surface area contributed by atoms with Crippen molar-refractivity contribution in [2.24, 2.45) is 0 Å². The van der Waals surface area contributed by atoms with Crippen LogP contribution in [0.5, 0.6) is 0 Å². The average molecular weight is 374 g/mol. The van der Waals surface area contributed by atoms with Crippen molar-refractivity contribution >= 4 is 21.5 Å². The molecular weight excluding hydrogens is 346 g/mol. The van der Waals surface area contributed by atoms with Crippen molar-refractivity contribution in [2.45, 2.75) is 56.9 Å². The molecule has 0 aliphatic heterocycles. The molecule has 0 bridgehead atoms. The van der Waals surface area contributed by atoms with Crippen LogP contribution < -0.4 is 9.62 Å².